The monoisotopic (exact) mass is 179 g/mol. The topological polar surface area (TPSA) is 12.0 Å². The van der Waals surface area contributed by atoms with Gasteiger partial charge < -0.3 is 5.32 Å². The van der Waals surface area contributed by atoms with Crippen molar-refractivity contribution in [2.45, 2.75) is 26.3 Å². The van der Waals surface area contributed by atoms with Crippen LogP contribution in [0.1, 0.15) is 19.4 Å². The maximum Gasteiger partial charge on any atom is 0.128 e. The summed E-state index contributed by atoms with van der Waals surface area (Å²) in [4.78, 5) is 0. The van der Waals surface area contributed by atoms with Crippen molar-refractivity contribution in [2.75, 3.05) is 5.32 Å². The van der Waals surface area contributed by atoms with E-state index < -0.39 is 0 Å². The van der Waals surface area contributed by atoms with Crippen molar-refractivity contribution in [3.63, 3.8) is 0 Å². The zero-order valence-corrected chi connectivity index (χ0v) is 7.97. The van der Waals surface area contributed by atoms with Crippen LogP contribution in [-0.4, -0.2) is 6.04 Å². The third-order valence-electron chi connectivity index (χ3n) is 2.69. The fraction of sp³-hybridized carbons (Fsp3) is 0.455. The maximum atomic E-state index is 13.3. The van der Waals surface area contributed by atoms with Crippen molar-refractivity contribution in [3.8, 4) is 0 Å². The molecular weight excluding hydrogens is 165 g/mol. The van der Waals surface area contributed by atoms with Crippen molar-refractivity contribution in [1.29, 1.82) is 0 Å². The molecule has 0 aliphatic carbocycles. The third kappa shape index (κ3) is 1.41. The number of anilines is 1. The molecule has 1 heterocycles. The van der Waals surface area contributed by atoms with Gasteiger partial charge in [-0.25, -0.2) is 4.39 Å². The predicted octanol–water partition coefficient (Wildman–Crippen LogP) is 2.82. The van der Waals surface area contributed by atoms with Gasteiger partial charge in [0.1, 0.15) is 5.82 Å². The van der Waals surface area contributed by atoms with E-state index in [1.807, 2.05) is 6.07 Å². The first-order valence-corrected chi connectivity index (χ1v) is 4.72. The van der Waals surface area contributed by atoms with Gasteiger partial charge >= 0.3 is 0 Å². The highest BCUT2D eigenvalue weighted by molar-refractivity contribution is 5.57. The molecule has 0 radical (unpaired) electrons. The van der Waals surface area contributed by atoms with Crippen LogP contribution in [0.15, 0.2) is 18.2 Å². The Bertz CT molecular complexity index is 320. The smallest absolute Gasteiger partial charge is 0.128 e. The number of fused-ring (bicyclic) bond motifs is 1. The number of rotatable bonds is 1. The molecule has 1 unspecified atom stereocenters. The van der Waals surface area contributed by atoms with E-state index in [0.717, 1.165) is 17.7 Å². The van der Waals surface area contributed by atoms with E-state index in [1.165, 1.54) is 6.07 Å². The zero-order valence-electron chi connectivity index (χ0n) is 7.97. The standard InChI is InChI=1S/C11H14FN/c1-7(2)11-6-8-9(12)4-3-5-10(8)13-11/h3-5,7,11,13H,6H2,1-2H3. The van der Waals surface area contributed by atoms with Crippen molar-refractivity contribution in [1.82, 2.24) is 0 Å². The summed E-state index contributed by atoms with van der Waals surface area (Å²) in [6.45, 7) is 4.31. The highest BCUT2D eigenvalue weighted by atomic mass is 19.1. The van der Waals surface area contributed by atoms with E-state index >= 15 is 0 Å². The Morgan fingerprint density at radius 1 is 1.46 bits per heavy atom. The summed E-state index contributed by atoms with van der Waals surface area (Å²) >= 11 is 0. The average molecular weight is 179 g/mol. The fourth-order valence-electron chi connectivity index (χ4n) is 1.77. The molecular formula is C11H14FN. The van der Waals surface area contributed by atoms with Gasteiger partial charge in [-0.2, -0.15) is 0 Å². The molecule has 1 aromatic rings. The van der Waals surface area contributed by atoms with Gasteiger partial charge in [0.15, 0.2) is 0 Å². The Labute approximate surface area is 78.0 Å². The molecule has 1 aliphatic heterocycles. The fourth-order valence-corrected chi connectivity index (χ4v) is 1.77. The summed E-state index contributed by atoms with van der Waals surface area (Å²) in [6, 6.07) is 5.63. The molecule has 1 nitrogen and oxygen atoms in total. The van der Waals surface area contributed by atoms with Crippen molar-refractivity contribution >= 4 is 5.69 Å². The molecule has 0 amide bonds. The molecule has 0 aromatic heterocycles. The lowest BCUT2D eigenvalue weighted by molar-refractivity contribution is 0.528. The zero-order chi connectivity index (χ0) is 9.42. The first-order valence-electron chi connectivity index (χ1n) is 4.72. The summed E-state index contributed by atoms with van der Waals surface area (Å²) in [5.41, 5.74) is 1.82. The van der Waals surface area contributed by atoms with E-state index in [4.69, 9.17) is 0 Å². The highest BCUT2D eigenvalue weighted by Crippen LogP contribution is 2.30. The Balaban J connectivity index is 2.30. The van der Waals surface area contributed by atoms with E-state index in [2.05, 4.69) is 19.2 Å². The number of halogens is 1. The van der Waals surface area contributed by atoms with Crippen LogP contribution in [0, 0.1) is 11.7 Å². The Morgan fingerprint density at radius 2 is 2.23 bits per heavy atom. The Morgan fingerprint density at radius 3 is 2.85 bits per heavy atom. The van der Waals surface area contributed by atoms with Crippen LogP contribution in [0.25, 0.3) is 0 Å². The second kappa shape index (κ2) is 3.02. The molecule has 70 valence electrons. The minimum atomic E-state index is -0.0758. The van der Waals surface area contributed by atoms with E-state index in [-0.39, 0.29) is 5.82 Å². The van der Waals surface area contributed by atoms with Crippen LogP contribution < -0.4 is 5.32 Å². The third-order valence-corrected chi connectivity index (χ3v) is 2.69. The normalized spacial score (nSPS) is 20.2. The van der Waals surface area contributed by atoms with Crippen LogP contribution in [0.2, 0.25) is 0 Å². The second-order valence-electron chi connectivity index (χ2n) is 3.96. The molecule has 2 rings (SSSR count). The largest absolute Gasteiger partial charge is 0.381 e. The minimum Gasteiger partial charge on any atom is -0.381 e. The molecule has 1 aromatic carbocycles. The molecule has 2 heteroatoms. The molecule has 0 saturated carbocycles. The van der Waals surface area contributed by atoms with E-state index in [0.29, 0.717) is 12.0 Å². The lowest BCUT2D eigenvalue weighted by Gasteiger charge is -2.14. The molecule has 1 atom stereocenters. The molecule has 0 bridgehead atoms. The molecule has 13 heavy (non-hydrogen) atoms. The van der Waals surface area contributed by atoms with Crippen LogP contribution in [-0.2, 0) is 6.42 Å². The van der Waals surface area contributed by atoms with Gasteiger partial charge in [-0.1, -0.05) is 19.9 Å². The maximum absolute atomic E-state index is 13.3. The minimum absolute atomic E-state index is 0.0758. The van der Waals surface area contributed by atoms with Gasteiger partial charge in [0.05, 0.1) is 0 Å². The summed E-state index contributed by atoms with van der Waals surface area (Å²) in [5, 5.41) is 3.33. The average Bonchev–Trinajstić information content (AvgIpc) is 2.49. The Kier molecular flexibility index (Phi) is 1.98. The molecule has 0 fully saturated rings. The van der Waals surface area contributed by atoms with E-state index in [1.54, 1.807) is 6.07 Å². The number of nitrogens with one attached hydrogen (secondary N) is 1. The lowest BCUT2D eigenvalue weighted by Crippen LogP contribution is -2.21. The van der Waals surface area contributed by atoms with Gasteiger partial charge in [0, 0.05) is 17.3 Å². The van der Waals surface area contributed by atoms with Crippen molar-refractivity contribution in [2.24, 2.45) is 5.92 Å². The molecule has 1 aliphatic rings. The molecule has 0 spiro atoms. The predicted molar refractivity (Wildman–Crippen MR) is 52.4 cm³/mol. The lowest BCUT2D eigenvalue weighted by atomic mass is 10.0. The van der Waals surface area contributed by atoms with Crippen LogP contribution in [0.5, 0.6) is 0 Å². The van der Waals surface area contributed by atoms with Crippen molar-refractivity contribution in [3.05, 3.63) is 29.6 Å². The SMILES string of the molecule is CC(C)C1Cc2c(F)cccc2N1. The van der Waals surface area contributed by atoms with Crippen LogP contribution >= 0.6 is 0 Å². The van der Waals surface area contributed by atoms with Gasteiger partial charge in [0.2, 0.25) is 0 Å². The quantitative estimate of drug-likeness (QED) is 0.699. The van der Waals surface area contributed by atoms with Gasteiger partial charge in [0.25, 0.3) is 0 Å². The van der Waals surface area contributed by atoms with E-state index in [9.17, 15) is 4.39 Å². The van der Waals surface area contributed by atoms with Crippen LogP contribution in [0.3, 0.4) is 0 Å². The molecule has 1 N–H and O–H groups in total. The highest BCUT2D eigenvalue weighted by Gasteiger charge is 2.24. The summed E-state index contributed by atoms with van der Waals surface area (Å²) < 4.78 is 13.3. The number of benzene rings is 1. The summed E-state index contributed by atoms with van der Waals surface area (Å²) in [6.07, 6.45) is 0.819. The van der Waals surface area contributed by atoms with Crippen LogP contribution in [0.4, 0.5) is 10.1 Å². The van der Waals surface area contributed by atoms with Gasteiger partial charge in [-0.3, -0.25) is 0 Å². The number of hydrogen-bond donors (Lipinski definition) is 1. The first-order chi connectivity index (χ1) is 6.18. The summed E-state index contributed by atoms with van der Waals surface area (Å²) in [5.74, 6) is 0.472. The number of hydrogen-bond acceptors (Lipinski definition) is 1. The first kappa shape index (κ1) is 8.54. The van der Waals surface area contributed by atoms with Gasteiger partial charge in [-0.15, -0.1) is 0 Å². The van der Waals surface area contributed by atoms with Gasteiger partial charge in [-0.05, 0) is 24.5 Å². The second-order valence-corrected chi connectivity index (χ2v) is 3.96. The molecule has 0 saturated heterocycles. The van der Waals surface area contributed by atoms with Crippen molar-refractivity contribution < 1.29 is 4.39 Å². The summed E-state index contributed by atoms with van der Waals surface area (Å²) in [7, 11) is 0. The Hall–Kier alpha value is -1.05.